The molecular formula is C10H9N3O. The molecule has 70 valence electrons. The molecule has 1 rings (SSSR count). The van der Waals surface area contributed by atoms with E-state index in [0.717, 1.165) is 5.56 Å². The molecule has 0 aliphatic carbocycles. The lowest BCUT2D eigenvalue weighted by Gasteiger charge is -1.94. The number of nitrogens with zero attached hydrogens (tertiary/aromatic N) is 3. The van der Waals surface area contributed by atoms with Crippen LogP contribution in [0.2, 0.25) is 0 Å². The van der Waals surface area contributed by atoms with Crippen LogP contribution in [0.15, 0.2) is 41.1 Å². The maximum atomic E-state index is 11.0. The molecule has 0 saturated carbocycles. The molecule has 0 aliphatic heterocycles. The van der Waals surface area contributed by atoms with Gasteiger partial charge >= 0.3 is 0 Å². The lowest BCUT2D eigenvalue weighted by molar-refractivity contribution is -0.113. The number of carbonyl (C=O) groups excluding carboxylic acids is 1. The van der Waals surface area contributed by atoms with E-state index in [1.807, 2.05) is 30.3 Å². The number of azide groups is 1. The SMILES string of the molecule is CC(=O)C(=Cc1ccccc1)N=[N+]=[N-]. The highest BCUT2D eigenvalue weighted by molar-refractivity contribution is 5.97. The average molecular weight is 187 g/mol. The van der Waals surface area contributed by atoms with E-state index < -0.39 is 0 Å². The van der Waals surface area contributed by atoms with E-state index in [0.29, 0.717) is 0 Å². The van der Waals surface area contributed by atoms with Gasteiger partial charge < -0.3 is 0 Å². The van der Waals surface area contributed by atoms with E-state index in [9.17, 15) is 4.79 Å². The summed E-state index contributed by atoms with van der Waals surface area (Å²) in [7, 11) is 0. The number of hydrogen-bond acceptors (Lipinski definition) is 2. The van der Waals surface area contributed by atoms with Crippen LogP contribution in [0.3, 0.4) is 0 Å². The highest BCUT2D eigenvalue weighted by Crippen LogP contribution is 2.08. The lowest BCUT2D eigenvalue weighted by Crippen LogP contribution is -1.91. The summed E-state index contributed by atoms with van der Waals surface area (Å²) in [5.74, 6) is -0.244. The van der Waals surface area contributed by atoms with Crippen molar-refractivity contribution in [1.82, 2.24) is 0 Å². The third-order valence-electron chi connectivity index (χ3n) is 1.62. The van der Waals surface area contributed by atoms with Crippen molar-refractivity contribution < 1.29 is 4.79 Å². The van der Waals surface area contributed by atoms with Crippen molar-refractivity contribution in [3.8, 4) is 0 Å². The highest BCUT2D eigenvalue weighted by atomic mass is 16.1. The second kappa shape index (κ2) is 4.84. The third kappa shape index (κ3) is 2.77. The molecular weight excluding hydrogens is 178 g/mol. The highest BCUT2D eigenvalue weighted by Gasteiger charge is 1.99. The first-order chi connectivity index (χ1) is 6.74. The zero-order valence-electron chi connectivity index (χ0n) is 7.71. The van der Waals surface area contributed by atoms with Crippen LogP contribution in [0, 0.1) is 0 Å². The Hall–Kier alpha value is -2.06. The second-order valence-corrected chi connectivity index (χ2v) is 2.69. The Kier molecular flexibility index (Phi) is 3.47. The Labute approximate surface area is 81.5 Å². The minimum atomic E-state index is -0.244. The van der Waals surface area contributed by atoms with E-state index in [2.05, 4.69) is 10.0 Å². The van der Waals surface area contributed by atoms with E-state index in [-0.39, 0.29) is 11.5 Å². The van der Waals surface area contributed by atoms with Crippen LogP contribution in [0.25, 0.3) is 16.5 Å². The van der Waals surface area contributed by atoms with Crippen LogP contribution in [0.1, 0.15) is 12.5 Å². The summed E-state index contributed by atoms with van der Waals surface area (Å²) < 4.78 is 0. The molecule has 14 heavy (non-hydrogen) atoms. The van der Waals surface area contributed by atoms with Gasteiger partial charge in [0.25, 0.3) is 0 Å². The van der Waals surface area contributed by atoms with Crippen molar-refractivity contribution >= 4 is 11.9 Å². The summed E-state index contributed by atoms with van der Waals surface area (Å²) in [5.41, 5.74) is 9.19. The van der Waals surface area contributed by atoms with Crippen LogP contribution in [0.5, 0.6) is 0 Å². The fourth-order valence-electron chi connectivity index (χ4n) is 0.956. The molecule has 0 radical (unpaired) electrons. The summed E-state index contributed by atoms with van der Waals surface area (Å²) in [4.78, 5) is 13.6. The molecule has 4 nitrogen and oxygen atoms in total. The fourth-order valence-corrected chi connectivity index (χ4v) is 0.956. The van der Waals surface area contributed by atoms with Crippen LogP contribution in [-0.4, -0.2) is 5.78 Å². The number of rotatable bonds is 3. The fraction of sp³-hybridized carbons (Fsp3) is 0.100. The third-order valence-corrected chi connectivity index (χ3v) is 1.62. The van der Waals surface area contributed by atoms with Gasteiger partial charge in [0, 0.05) is 4.91 Å². The molecule has 0 aliphatic rings. The van der Waals surface area contributed by atoms with Crippen LogP contribution in [0.4, 0.5) is 0 Å². The standard InChI is InChI=1S/C10H9N3O/c1-8(14)10(12-13-11)7-9-5-3-2-4-6-9/h2-7H,1H3. The van der Waals surface area contributed by atoms with Gasteiger partial charge in [-0.1, -0.05) is 35.4 Å². The van der Waals surface area contributed by atoms with Gasteiger partial charge in [0.1, 0.15) is 0 Å². The Morgan fingerprint density at radius 2 is 2.07 bits per heavy atom. The normalized spacial score (nSPS) is 10.5. The Bertz CT molecular complexity index is 399. The van der Waals surface area contributed by atoms with E-state index >= 15 is 0 Å². The van der Waals surface area contributed by atoms with Gasteiger partial charge in [0.05, 0.1) is 5.70 Å². The molecule has 0 fully saturated rings. The van der Waals surface area contributed by atoms with Gasteiger partial charge in [0.15, 0.2) is 5.78 Å². The van der Waals surface area contributed by atoms with Gasteiger partial charge in [-0.15, -0.1) is 0 Å². The summed E-state index contributed by atoms with van der Waals surface area (Å²) in [6, 6.07) is 9.23. The van der Waals surface area contributed by atoms with E-state index in [1.54, 1.807) is 6.08 Å². The van der Waals surface area contributed by atoms with Gasteiger partial charge in [0.2, 0.25) is 0 Å². The minimum Gasteiger partial charge on any atom is -0.295 e. The Morgan fingerprint density at radius 1 is 1.43 bits per heavy atom. The molecule has 0 N–H and O–H groups in total. The van der Waals surface area contributed by atoms with Crippen molar-refractivity contribution in [1.29, 1.82) is 0 Å². The first-order valence-electron chi connectivity index (χ1n) is 4.07. The molecule has 0 heterocycles. The first kappa shape index (κ1) is 10.0. The van der Waals surface area contributed by atoms with Crippen molar-refractivity contribution in [2.75, 3.05) is 0 Å². The molecule has 0 spiro atoms. The lowest BCUT2D eigenvalue weighted by atomic mass is 10.2. The summed E-state index contributed by atoms with van der Waals surface area (Å²) in [5, 5.41) is 3.31. The van der Waals surface area contributed by atoms with E-state index in [4.69, 9.17) is 5.53 Å². The minimum absolute atomic E-state index is 0.124. The van der Waals surface area contributed by atoms with Crippen LogP contribution >= 0.6 is 0 Å². The summed E-state index contributed by atoms with van der Waals surface area (Å²) in [6.45, 7) is 1.36. The number of hydrogen-bond donors (Lipinski definition) is 0. The molecule has 0 aromatic heterocycles. The molecule has 1 aromatic carbocycles. The Morgan fingerprint density at radius 3 is 2.57 bits per heavy atom. The van der Waals surface area contributed by atoms with Crippen molar-refractivity contribution in [2.24, 2.45) is 5.11 Å². The van der Waals surface area contributed by atoms with Gasteiger partial charge in [-0.2, -0.15) is 0 Å². The number of Topliss-reactive ketones (excluding diaryl/α,β-unsaturated/α-hetero) is 1. The largest absolute Gasteiger partial charge is 0.295 e. The van der Waals surface area contributed by atoms with Crippen molar-refractivity contribution in [2.45, 2.75) is 6.92 Å². The quantitative estimate of drug-likeness (QED) is 0.310. The zero-order valence-corrected chi connectivity index (χ0v) is 7.71. The van der Waals surface area contributed by atoms with Crippen LogP contribution < -0.4 is 0 Å². The number of carbonyl (C=O) groups is 1. The summed E-state index contributed by atoms with van der Waals surface area (Å²) >= 11 is 0. The molecule has 0 amide bonds. The predicted molar refractivity (Wildman–Crippen MR) is 54.2 cm³/mol. The number of ketones is 1. The number of benzene rings is 1. The van der Waals surface area contributed by atoms with Gasteiger partial charge in [-0.05, 0) is 24.1 Å². The topological polar surface area (TPSA) is 65.8 Å². The van der Waals surface area contributed by atoms with E-state index in [1.165, 1.54) is 6.92 Å². The monoisotopic (exact) mass is 187 g/mol. The second-order valence-electron chi connectivity index (χ2n) is 2.69. The molecule has 4 heteroatoms. The maximum Gasteiger partial charge on any atom is 0.162 e. The average Bonchev–Trinajstić information content (AvgIpc) is 2.18. The molecule has 0 saturated heterocycles. The maximum absolute atomic E-state index is 11.0. The first-order valence-corrected chi connectivity index (χ1v) is 4.07. The zero-order chi connectivity index (χ0) is 10.4. The molecule has 0 atom stereocenters. The molecule has 1 aromatic rings. The molecule has 0 unspecified atom stereocenters. The Balaban J connectivity index is 3.05. The van der Waals surface area contributed by atoms with Gasteiger partial charge in [-0.3, -0.25) is 4.79 Å². The van der Waals surface area contributed by atoms with Gasteiger partial charge in [-0.25, -0.2) is 0 Å². The van der Waals surface area contributed by atoms with Crippen LogP contribution in [-0.2, 0) is 4.79 Å². The van der Waals surface area contributed by atoms with Crippen molar-refractivity contribution in [3.05, 3.63) is 52.0 Å². The molecule has 0 bridgehead atoms. The summed E-state index contributed by atoms with van der Waals surface area (Å²) in [6.07, 6.45) is 1.56. The predicted octanol–water partition coefficient (Wildman–Crippen LogP) is 2.93. The smallest absolute Gasteiger partial charge is 0.162 e. The number of allylic oxidation sites excluding steroid dienone is 1. The van der Waals surface area contributed by atoms with Crippen molar-refractivity contribution in [3.63, 3.8) is 0 Å².